The number of Topliss-reactive ketones (excluding diaryl/α,β-unsaturated/α-hetero) is 1. The summed E-state index contributed by atoms with van der Waals surface area (Å²) in [5.74, 6) is 1.82. The van der Waals surface area contributed by atoms with Crippen molar-refractivity contribution in [2.24, 2.45) is 11.8 Å². The molecule has 0 aliphatic heterocycles. The second kappa shape index (κ2) is 8.37. The summed E-state index contributed by atoms with van der Waals surface area (Å²) < 4.78 is 13.8. The maximum absolute atomic E-state index is 13.8. The highest BCUT2D eigenvalue weighted by Crippen LogP contribution is 2.40. The van der Waals surface area contributed by atoms with Crippen LogP contribution in [0.5, 0.6) is 0 Å². The molecular weight excluding hydrogens is 340 g/mol. The molecule has 0 N–H and O–H groups in total. The monoisotopic (exact) mass is 376 g/mol. The molecule has 0 heterocycles. The Balaban J connectivity index is 2.66. The molecule has 1 saturated carbocycles. The molecule has 0 bridgehead atoms. The smallest absolute Gasteiger partial charge is 0.149 e. The van der Waals surface area contributed by atoms with Crippen LogP contribution in [0.2, 0.25) is 0 Å². The average Bonchev–Trinajstić information content (AvgIpc) is 2.94. The highest BCUT2D eigenvalue weighted by molar-refractivity contribution is 7.86. The summed E-state index contributed by atoms with van der Waals surface area (Å²) in [5.41, 5.74) is 3.64. The predicted octanol–water partition coefficient (Wildman–Crippen LogP) is 6.17. The first-order valence-electron chi connectivity index (χ1n) is 10.2. The van der Waals surface area contributed by atoms with Gasteiger partial charge in [0, 0.05) is 11.3 Å². The van der Waals surface area contributed by atoms with E-state index in [0.717, 1.165) is 11.3 Å². The molecule has 1 aromatic rings. The van der Waals surface area contributed by atoms with E-state index < -0.39 is 10.8 Å². The summed E-state index contributed by atoms with van der Waals surface area (Å²) in [6.45, 7) is 17.4. The molecule has 0 spiro atoms. The predicted molar refractivity (Wildman–Crippen MR) is 111 cm³/mol. The molecule has 3 atom stereocenters. The topological polar surface area (TPSA) is 34.1 Å². The van der Waals surface area contributed by atoms with E-state index in [0.29, 0.717) is 30.1 Å². The van der Waals surface area contributed by atoms with Crippen molar-refractivity contribution in [3.8, 4) is 0 Å². The Labute approximate surface area is 162 Å². The lowest BCUT2D eigenvalue weighted by molar-refractivity contribution is -0.117. The van der Waals surface area contributed by atoms with Crippen molar-refractivity contribution in [2.45, 2.75) is 96.1 Å². The quantitative estimate of drug-likeness (QED) is 0.595. The lowest BCUT2D eigenvalue weighted by Gasteiger charge is -2.27. The molecule has 0 radical (unpaired) electrons. The maximum atomic E-state index is 13.8. The van der Waals surface area contributed by atoms with Crippen LogP contribution >= 0.6 is 0 Å². The second-order valence-electron chi connectivity index (χ2n) is 9.12. The summed E-state index contributed by atoms with van der Waals surface area (Å²) in [5, 5.41) is -0.338. The summed E-state index contributed by atoms with van der Waals surface area (Å²) in [6.07, 6.45) is 1.46. The third kappa shape index (κ3) is 4.13. The fourth-order valence-corrected chi connectivity index (χ4v) is 6.48. The van der Waals surface area contributed by atoms with Crippen molar-refractivity contribution in [3.63, 3.8) is 0 Å². The van der Waals surface area contributed by atoms with Gasteiger partial charge < -0.3 is 0 Å². The van der Waals surface area contributed by atoms with Crippen LogP contribution in [0.1, 0.15) is 103 Å². The SMILES string of the molecule is CC(C)c1cc(C(C)C)c(S(=O)[C@H]2C(=O)CC[C@@H]2C(C)C)c(C(C)C)c1. The molecule has 0 aromatic heterocycles. The van der Waals surface area contributed by atoms with Crippen molar-refractivity contribution < 1.29 is 9.00 Å². The Kier molecular flexibility index (Phi) is 6.87. The van der Waals surface area contributed by atoms with Gasteiger partial charge >= 0.3 is 0 Å². The van der Waals surface area contributed by atoms with Gasteiger partial charge in [0.2, 0.25) is 0 Å². The van der Waals surface area contributed by atoms with Gasteiger partial charge in [-0.3, -0.25) is 9.00 Å². The first-order valence-corrected chi connectivity index (χ1v) is 11.4. The summed E-state index contributed by atoms with van der Waals surface area (Å²) in [4.78, 5) is 13.6. The van der Waals surface area contributed by atoms with Crippen LogP contribution in [0.4, 0.5) is 0 Å². The molecule has 1 fully saturated rings. The third-order valence-corrected chi connectivity index (χ3v) is 7.75. The number of hydrogen-bond acceptors (Lipinski definition) is 2. The Hall–Kier alpha value is -0.960. The van der Waals surface area contributed by atoms with Crippen LogP contribution < -0.4 is 0 Å². The number of carbonyl (C=O) groups is 1. The molecule has 2 nitrogen and oxygen atoms in total. The zero-order valence-corrected chi connectivity index (χ0v) is 18.6. The van der Waals surface area contributed by atoms with Gasteiger partial charge in [0.05, 0.1) is 10.8 Å². The van der Waals surface area contributed by atoms with E-state index in [-0.39, 0.29) is 17.0 Å². The first-order chi connectivity index (χ1) is 12.1. The molecule has 1 unspecified atom stereocenters. The van der Waals surface area contributed by atoms with Crippen molar-refractivity contribution in [3.05, 3.63) is 28.8 Å². The Bertz CT molecular complexity index is 656. The summed E-state index contributed by atoms with van der Waals surface area (Å²) in [6, 6.07) is 4.47. The molecular formula is C23H36O2S. The normalized spacial score (nSPS) is 22.2. The Morgan fingerprint density at radius 3 is 1.77 bits per heavy atom. The van der Waals surface area contributed by atoms with Crippen molar-refractivity contribution in [1.29, 1.82) is 0 Å². The van der Waals surface area contributed by atoms with E-state index in [1.165, 1.54) is 16.7 Å². The van der Waals surface area contributed by atoms with E-state index in [9.17, 15) is 9.00 Å². The second-order valence-corrected chi connectivity index (χ2v) is 10.6. The van der Waals surface area contributed by atoms with Crippen molar-refractivity contribution in [2.75, 3.05) is 0 Å². The molecule has 3 heteroatoms. The van der Waals surface area contributed by atoms with Gasteiger partial charge in [-0.25, -0.2) is 0 Å². The standard InChI is InChI=1S/C23H36O2S/c1-13(2)17-11-19(15(5)6)22(20(12-17)16(7)8)26(25)23-18(14(3)4)9-10-21(23)24/h11-16,18,23H,9-10H2,1-8H3/t18-,23-,26?/m1/s1. The van der Waals surface area contributed by atoms with Gasteiger partial charge in [0.15, 0.2) is 0 Å². The van der Waals surface area contributed by atoms with Crippen molar-refractivity contribution in [1.82, 2.24) is 0 Å². The number of benzene rings is 1. The highest BCUT2D eigenvalue weighted by Gasteiger charge is 2.42. The summed E-state index contributed by atoms with van der Waals surface area (Å²) >= 11 is 0. The summed E-state index contributed by atoms with van der Waals surface area (Å²) in [7, 11) is -1.27. The zero-order valence-electron chi connectivity index (χ0n) is 17.8. The molecule has 1 aliphatic rings. The molecule has 2 rings (SSSR count). The van der Waals surface area contributed by atoms with Crippen LogP contribution in [0.3, 0.4) is 0 Å². The Morgan fingerprint density at radius 1 is 0.885 bits per heavy atom. The maximum Gasteiger partial charge on any atom is 0.149 e. The fourth-order valence-electron chi connectivity index (χ4n) is 4.05. The third-order valence-electron chi connectivity index (χ3n) is 5.80. The molecule has 0 amide bonds. The van der Waals surface area contributed by atoms with E-state index in [1.807, 2.05) is 0 Å². The van der Waals surface area contributed by atoms with Gasteiger partial charge in [0.25, 0.3) is 0 Å². The van der Waals surface area contributed by atoms with Gasteiger partial charge in [-0.1, -0.05) is 67.5 Å². The van der Waals surface area contributed by atoms with E-state index >= 15 is 0 Å². The zero-order chi connectivity index (χ0) is 19.8. The van der Waals surface area contributed by atoms with E-state index in [1.54, 1.807) is 0 Å². The minimum absolute atomic E-state index is 0.194. The number of rotatable bonds is 6. The largest absolute Gasteiger partial charge is 0.298 e. The number of hydrogen-bond donors (Lipinski definition) is 0. The van der Waals surface area contributed by atoms with Gasteiger partial charge in [-0.15, -0.1) is 0 Å². The highest BCUT2D eigenvalue weighted by atomic mass is 32.2. The Morgan fingerprint density at radius 2 is 1.38 bits per heavy atom. The van der Waals surface area contributed by atoms with Crippen LogP contribution in [0.25, 0.3) is 0 Å². The number of ketones is 1. The molecule has 146 valence electrons. The van der Waals surface area contributed by atoms with Gasteiger partial charge in [-0.05, 0) is 52.7 Å². The molecule has 1 aromatic carbocycles. The van der Waals surface area contributed by atoms with Gasteiger partial charge in [0.1, 0.15) is 11.0 Å². The molecule has 26 heavy (non-hydrogen) atoms. The average molecular weight is 377 g/mol. The van der Waals surface area contributed by atoms with E-state index in [2.05, 4.69) is 67.5 Å². The molecule has 1 aliphatic carbocycles. The van der Waals surface area contributed by atoms with Crippen LogP contribution in [-0.2, 0) is 15.6 Å². The fraction of sp³-hybridized carbons (Fsp3) is 0.696. The van der Waals surface area contributed by atoms with Crippen LogP contribution in [0, 0.1) is 11.8 Å². The van der Waals surface area contributed by atoms with Crippen LogP contribution in [0.15, 0.2) is 17.0 Å². The van der Waals surface area contributed by atoms with Gasteiger partial charge in [-0.2, -0.15) is 0 Å². The minimum atomic E-state index is -1.27. The van der Waals surface area contributed by atoms with Crippen molar-refractivity contribution >= 4 is 16.6 Å². The minimum Gasteiger partial charge on any atom is -0.298 e. The van der Waals surface area contributed by atoms with E-state index in [4.69, 9.17) is 0 Å². The number of carbonyl (C=O) groups excluding carboxylic acids is 1. The lowest BCUT2D eigenvalue weighted by Crippen LogP contribution is -2.31. The first kappa shape index (κ1) is 21.3. The lowest BCUT2D eigenvalue weighted by atomic mass is 9.89. The van der Waals surface area contributed by atoms with Crippen LogP contribution in [-0.4, -0.2) is 15.2 Å². The molecule has 0 saturated heterocycles.